The molecule has 1 heterocycles. The summed E-state index contributed by atoms with van der Waals surface area (Å²) in [7, 11) is 0. The van der Waals surface area contributed by atoms with E-state index < -0.39 is 41.0 Å². The van der Waals surface area contributed by atoms with Crippen molar-refractivity contribution in [3.05, 3.63) is 57.2 Å². The number of hydrogen-bond donors (Lipinski definition) is 1. The summed E-state index contributed by atoms with van der Waals surface area (Å²) in [5.74, 6) is -1.62. The van der Waals surface area contributed by atoms with Gasteiger partial charge in [0.05, 0.1) is 16.0 Å². The number of hydrogen-bond acceptors (Lipinski definition) is 8. The first-order valence-corrected chi connectivity index (χ1v) is 13.1. The molecule has 1 saturated heterocycles. The summed E-state index contributed by atoms with van der Waals surface area (Å²) in [5.41, 5.74) is 0.188. The van der Waals surface area contributed by atoms with Crippen molar-refractivity contribution in [1.29, 1.82) is 0 Å². The van der Waals surface area contributed by atoms with Gasteiger partial charge < -0.3 is 19.5 Å². The Hall–Kier alpha value is -3.38. The fraction of sp³-hybridized carbons (Fsp3) is 0.308. The maximum Gasteiger partial charge on any atom is 0.326 e. The summed E-state index contributed by atoms with van der Waals surface area (Å²) in [6.45, 7) is 6.31. The molecule has 1 aliphatic heterocycles. The molecule has 202 valence electrons. The normalized spacial score (nSPS) is 14.6. The number of nitrogens with zero attached hydrogens (tertiary/aromatic N) is 1. The van der Waals surface area contributed by atoms with Gasteiger partial charge in [0.2, 0.25) is 0 Å². The quantitative estimate of drug-likeness (QED) is 0.298. The maximum absolute atomic E-state index is 13.1. The van der Waals surface area contributed by atoms with E-state index in [9.17, 15) is 23.6 Å². The molecule has 0 unspecified atom stereocenters. The van der Waals surface area contributed by atoms with Crippen LogP contribution in [0.5, 0.6) is 11.5 Å². The van der Waals surface area contributed by atoms with E-state index in [4.69, 9.17) is 14.2 Å². The van der Waals surface area contributed by atoms with Crippen molar-refractivity contribution in [1.82, 2.24) is 4.90 Å². The SMILES string of the molecule is CCOc1cc(C=C2SC(=O)N(CC(=O)OC(C)(C)C)C2=O)cc(Br)c1OCC(=O)Nc1ccc(F)cc1. The molecule has 0 aliphatic carbocycles. The molecule has 12 heteroatoms. The van der Waals surface area contributed by atoms with Crippen molar-refractivity contribution < 1.29 is 37.8 Å². The molecule has 0 radical (unpaired) electrons. The van der Waals surface area contributed by atoms with Crippen molar-refractivity contribution in [3.63, 3.8) is 0 Å². The molecule has 1 N–H and O–H groups in total. The van der Waals surface area contributed by atoms with Crippen molar-refractivity contribution in [2.45, 2.75) is 33.3 Å². The lowest BCUT2D eigenvalue weighted by atomic mass is 10.1. The number of esters is 1. The number of ether oxygens (including phenoxy) is 3. The number of imide groups is 1. The van der Waals surface area contributed by atoms with Gasteiger partial charge in [-0.1, -0.05) is 0 Å². The van der Waals surface area contributed by atoms with Crippen LogP contribution in [0, 0.1) is 5.82 Å². The number of anilines is 1. The highest BCUT2D eigenvalue weighted by molar-refractivity contribution is 9.10. The molecule has 1 aliphatic rings. The number of thioether (sulfide) groups is 1. The average Bonchev–Trinajstić information content (AvgIpc) is 3.06. The van der Waals surface area contributed by atoms with E-state index in [1.165, 1.54) is 30.3 Å². The third kappa shape index (κ3) is 8.06. The predicted molar refractivity (Wildman–Crippen MR) is 144 cm³/mol. The summed E-state index contributed by atoms with van der Waals surface area (Å²) in [5, 5.41) is 2.02. The lowest BCUT2D eigenvalue weighted by Crippen LogP contribution is -2.37. The Labute approximate surface area is 231 Å². The summed E-state index contributed by atoms with van der Waals surface area (Å²) in [6, 6.07) is 8.55. The first-order chi connectivity index (χ1) is 17.9. The van der Waals surface area contributed by atoms with Gasteiger partial charge in [-0.3, -0.25) is 24.1 Å². The molecule has 0 spiro atoms. The summed E-state index contributed by atoms with van der Waals surface area (Å²) in [4.78, 5) is 50.6. The lowest BCUT2D eigenvalue weighted by molar-refractivity contribution is -0.156. The number of halogens is 2. The Bertz CT molecular complexity index is 1280. The number of nitrogens with one attached hydrogen (secondary N) is 1. The highest BCUT2D eigenvalue weighted by atomic mass is 79.9. The van der Waals surface area contributed by atoms with Crippen LogP contribution >= 0.6 is 27.7 Å². The zero-order valence-electron chi connectivity index (χ0n) is 21.1. The first kappa shape index (κ1) is 29.2. The fourth-order valence-electron chi connectivity index (χ4n) is 3.23. The van der Waals surface area contributed by atoms with Gasteiger partial charge in [-0.25, -0.2) is 4.39 Å². The zero-order valence-corrected chi connectivity index (χ0v) is 23.5. The van der Waals surface area contributed by atoms with Crippen LogP contribution < -0.4 is 14.8 Å². The Morgan fingerprint density at radius 1 is 1.13 bits per heavy atom. The van der Waals surface area contributed by atoms with E-state index in [0.29, 0.717) is 39.8 Å². The Morgan fingerprint density at radius 3 is 2.45 bits per heavy atom. The third-order valence-corrected chi connectivity index (χ3v) is 6.18. The number of amides is 3. The Kier molecular flexibility index (Phi) is 9.55. The molecule has 3 rings (SSSR count). The van der Waals surface area contributed by atoms with Gasteiger partial charge in [-0.2, -0.15) is 0 Å². The smallest absolute Gasteiger partial charge is 0.326 e. The van der Waals surface area contributed by atoms with Crippen molar-refractivity contribution in [2.24, 2.45) is 0 Å². The van der Waals surface area contributed by atoms with Gasteiger partial charge in [-0.05, 0) is 103 Å². The molecule has 38 heavy (non-hydrogen) atoms. The molecule has 2 aromatic rings. The minimum absolute atomic E-state index is 0.125. The van der Waals surface area contributed by atoms with E-state index >= 15 is 0 Å². The van der Waals surface area contributed by atoms with Crippen LogP contribution in [-0.2, 0) is 19.1 Å². The van der Waals surface area contributed by atoms with Gasteiger partial charge in [-0.15, -0.1) is 0 Å². The van der Waals surface area contributed by atoms with Crippen LogP contribution in [-0.4, -0.2) is 53.3 Å². The molecule has 0 aromatic heterocycles. The lowest BCUT2D eigenvalue weighted by Gasteiger charge is -2.21. The van der Waals surface area contributed by atoms with Gasteiger partial charge in [0.15, 0.2) is 18.1 Å². The number of benzene rings is 2. The molecular formula is C26H26BrFN2O7S. The van der Waals surface area contributed by atoms with Gasteiger partial charge in [0, 0.05) is 5.69 Å². The largest absolute Gasteiger partial charge is 0.490 e. The van der Waals surface area contributed by atoms with E-state index in [1.54, 1.807) is 39.8 Å². The van der Waals surface area contributed by atoms with Crippen molar-refractivity contribution in [2.75, 3.05) is 25.1 Å². The van der Waals surface area contributed by atoms with Gasteiger partial charge >= 0.3 is 5.97 Å². The van der Waals surface area contributed by atoms with Crippen LogP contribution in [0.25, 0.3) is 6.08 Å². The Morgan fingerprint density at radius 2 is 1.82 bits per heavy atom. The second-order valence-corrected chi connectivity index (χ2v) is 10.8. The van der Waals surface area contributed by atoms with E-state index in [2.05, 4.69) is 21.2 Å². The van der Waals surface area contributed by atoms with Crippen LogP contribution in [0.15, 0.2) is 45.8 Å². The monoisotopic (exact) mass is 608 g/mol. The number of carbonyl (C=O) groups excluding carboxylic acids is 4. The highest BCUT2D eigenvalue weighted by Gasteiger charge is 2.37. The summed E-state index contributed by atoms with van der Waals surface area (Å²) in [6.07, 6.45) is 1.50. The fourth-order valence-corrected chi connectivity index (χ4v) is 4.65. The third-order valence-electron chi connectivity index (χ3n) is 4.69. The van der Waals surface area contributed by atoms with Crippen LogP contribution in [0.3, 0.4) is 0 Å². The standard InChI is InChI=1S/C26H26BrFN2O7S/c1-5-35-19-11-15(12-20-24(33)30(25(34)38-20)13-22(32)37-26(2,3)4)10-18(27)23(19)36-14-21(31)29-17-8-6-16(28)7-9-17/h6-12H,5,13-14H2,1-4H3,(H,29,31). The highest BCUT2D eigenvalue weighted by Crippen LogP contribution is 2.39. The second kappa shape index (κ2) is 12.4. The first-order valence-electron chi connectivity index (χ1n) is 11.5. The molecule has 0 bridgehead atoms. The number of rotatable bonds is 9. The van der Waals surface area contributed by atoms with Crippen molar-refractivity contribution in [3.8, 4) is 11.5 Å². The topological polar surface area (TPSA) is 111 Å². The molecule has 3 amide bonds. The van der Waals surface area contributed by atoms with Gasteiger partial charge in [0.1, 0.15) is 18.0 Å². The molecule has 0 atom stereocenters. The van der Waals surface area contributed by atoms with Crippen LogP contribution in [0.2, 0.25) is 0 Å². The molecule has 9 nitrogen and oxygen atoms in total. The predicted octanol–water partition coefficient (Wildman–Crippen LogP) is 5.38. The minimum atomic E-state index is -0.748. The second-order valence-electron chi connectivity index (χ2n) is 8.96. The number of carbonyl (C=O) groups is 4. The molecule has 1 fully saturated rings. The summed E-state index contributed by atoms with van der Waals surface area (Å²) < 4.78 is 30.1. The summed E-state index contributed by atoms with van der Waals surface area (Å²) >= 11 is 4.11. The van der Waals surface area contributed by atoms with E-state index in [-0.39, 0.29) is 17.3 Å². The molecule has 0 saturated carbocycles. The molecule has 2 aromatic carbocycles. The van der Waals surface area contributed by atoms with E-state index in [1.807, 2.05) is 0 Å². The Balaban J connectivity index is 1.73. The average molecular weight is 609 g/mol. The minimum Gasteiger partial charge on any atom is -0.490 e. The maximum atomic E-state index is 13.1. The van der Waals surface area contributed by atoms with Crippen molar-refractivity contribution >= 4 is 62.5 Å². The van der Waals surface area contributed by atoms with E-state index in [0.717, 1.165) is 4.90 Å². The molecular weight excluding hydrogens is 583 g/mol. The van der Waals surface area contributed by atoms with Gasteiger partial charge in [0.25, 0.3) is 17.1 Å². The van der Waals surface area contributed by atoms with Crippen LogP contribution in [0.1, 0.15) is 33.3 Å². The van der Waals surface area contributed by atoms with Crippen LogP contribution in [0.4, 0.5) is 14.9 Å². The zero-order chi connectivity index (χ0) is 28.0.